The molecule has 0 fully saturated rings. The van der Waals surface area contributed by atoms with Crippen LogP contribution < -0.4 is 4.74 Å². The lowest BCUT2D eigenvalue weighted by Gasteiger charge is -2.08. The third kappa shape index (κ3) is 3.68. The fourth-order valence-electron chi connectivity index (χ4n) is 2.23. The van der Waals surface area contributed by atoms with E-state index in [1.165, 1.54) is 0 Å². The van der Waals surface area contributed by atoms with Gasteiger partial charge in [0.05, 0.1) is 0 Å². The molecule has 0 bridgehead atoms. The second-order valence-corrected chi connectivity index (χ2v) is 5.91. The van der Waals surface area contributed by atoms with Crippen LogP contribution in [0.5, 0.6) is 11.5 Å². The van der Waals surface area contributed by atoms with Gasteiger partial charge in [-0.3, -0.25) is 0 Å². The van der Waals surface area contributed by atoms with Gasteiger partial charge in [-0.15, -0.1) is 0 Å². The normalized spacial score (nSPS) is 10.4. The fourth-order valence-corrected chi connectivity index (χ4v) is 2.71. The first-order valence-electron chi connectivity index (χ1n) is 6.97. The molecule has 0 aromatic heterocycles. The monoisotopic (exact) mass is 354 g/mol. The molecule has 3 aromatic rings. The summed E-state index contributed by atoms with van der Waals surface area (Å²) in [5, 5.41) is 9.67. The maximum Gasteiger partial charge on any atom is 0.119 e. The lowest BCUT2D eigenvalue weighted by atomic mass is 10.1. The van der Waals surface area contributed by atoms with Crippen LogP contribution in [-0.4, -0.2) is 5.11 Å². The summed E-state index contributed by atoms with van der Waals surface area (Å²) >= 11 is 3.39. The molecule has 0 spiro atoms. The van der Waals surface area contributed by atoms with Crippen LogP contribution in [0.1, 0.15) is 5.56 Å². The van der Waals surface area contributed by atoms with Gasteiger partial charge in [0.2, 0.25) is 0 Å². The molecule has 0 radical (unpaired) electrons. The number of ether oxygens (including phenoxy) is 1. The summed E-state index contributed by atoms with van der Waals surface area (Å²) in [7, 11) is 0. The molecule has 0 amide bonds. The molecule has 0 unspecified atom stereocenters. The maximum absolute atomic E-state index is 9.67. The summed E-state index contributed by atoms with van der Waals surface area (Å²) in [6.07, 6.45) is 0. The van der Waals surface area contributed by atoms with Crippen molar-refractivity contribution < 1.29 is 9.84 Å². The minimum atomic E-state index is 0.244. The smallest absolute Gasteiger partial charge is 0.119 e. The number of hydrogen-bond donors (Lipinski definition) is 1. The molecule has 1 N–H and O–H groups in total. The second-order valence-electron chi connectivity index (χ2n) is 5.00. The summed E-state index contributed by atoms with van der Waals surface area (Å²) in [5.74, 6) is 1.07. The molecule has 3 rings (SSSR count). The SMILES string of the molecule is Oc1cc(Br)cc(-c2ccc(OCc3ccccc3)cc2)c1. The van der Waals surface area contributed by atoms with Gasteiger partial charge in [0.25, 0.3) is 0 Å². The van der Waals surface area contributed by atoms with Crippen molar-refractivity contribution in [1.82, 2.24) is 0 Å². The summed E-state index contributed by atoms with van der Waals surface area (Å²) in [6, 6.07) is 23.3. The minimum Gasteiger partial charge on any atom is -0.508 e. The average Bonchev–Trinajstić information content (AvgIpc) is 2.53. The third-order valence-corrected chi connectivity index (χ3v) is 3.78. The molecule has 2 nitrogen and oxygen atoms in total. The Bertz CT molecular complexity index is 732. The zero-order valence-corrected chi connectivity index (χ0v) is 13.5. The Hall–Kier alpha value is -2.26. The summed E-state index contributed by atoms with van der Waals surface area (Å²) in [5.41, 5.74) is 3.13. The number of benzene rings is 3. The summed E-state index contributed by atoms with van der Waals surface area (Å²) in [4.78, 5) is 0. The Morgan fingerprint density at radius 3 is 2.23 bits per heavy atom. The zero-order chi connectivity index (χ0) is 15.4. The molecule has 0 aliphatic rings. The number of hydrogen-bond acceptors (Lipinski definition) is 2. The highest BCUT2D eigenvalue weighted by molar-refractivity contribution is 9.10. The fraction of sp³-hybridized carbons (Fsp3) is 0.0526. The molecular weight excluding hydrogens is 340 g/mol. The van der Waals surface area contributed by atoms with Crippen molar-refractivity contribution >= 4 is 15.9 Å². The van der Waals surface area contributed by atoms with Crippen molar-refractivity contribution in [3.8, 4) is 22.6 Å². The van der Waals surface area contributed by atoms with Crippen molar-refractivity contribution in [3.63, 3.8) is 0 Å². The van der Waals surface area contributed by atoms with E-state index in [1.54, 1.807) is 12.1 Å². The molecule has 0 atom stereocenters. The van der Waals surface area contributed by atoms with Gasteiger partial charge in [-0.2, -0.15) is 0 Å². The van der Waals surface area contributed by atoms with Gasteiger partial charge < -0.3 is 9.84 Å². The molecule has 0 aliphatic heterocycles. The van der Waals surface area contributed by atoms with E-state index in [2.05, 4.69) is 15.9 Å². The van der Waals surface area contributed by atoms with Crippen LogP contribution >= 0.6 is 15.9 Å². The molecule has 3 aromatic carbocycles. The van der Waals surface area contributed by atoms with Gasteiger partial charge >= 0.3 is 0 Å². The van der Waals surface area contributed by atoms with Crippen molar-refractivity contribution in [2.24, 2.45) is 0 Å². The number of halogens is 1. The molecule has 0 saturated heterocycles. The van der Waals surface area contributed by atoms with Gasteiger partial charge in [-0.1, -0.05) is 58.4 Å². The van der Waals surface area contributed by atoms with Gasteiger partial charge in [0.15, 0.2) is 0 Å². The van der Waals surface area contributed by atoms with Gasteiger partial charge in [0.1, 0.15) is 18.1 Å². The van der Waals surface area contributed by atoms with E-state index in [1.807, 2.05) is 60.7 Å². The van der Waals surface area contributed by atoms with Crippen LogP contribution in [0.15, 0.2) is 77.3 Å². The summed E-state index contributed by atoms with van der Waals surface area (Å²) < 4.78 is 6.63. The predicted molar refractivity (Wildman–Crippen MR) is 92.0 cm³/mol. The molecule has 0 saturated carbocycles. The Kier molecular flexibility index (Phi) is 4.45. The Morgan fingerprint density at radius 2 is 1.55 bits per heavy atom. The first-order chi connectivity index (χ1) is 10.7. The van der Waals surface area contributed by atoms with Crippen molar-refractivity contribution in [2.45, 2.75) is 6.61 Å². The van der Waals surface area contributed by atoms with Crippen LogP contribution in [0, 0.1) is 0 Å². The quantitative estimate of drug-likeness (QED) is 0.679. The van der Waals surface area contributed by atoms with Crippen LogP contribution in [0.2, 0.25) is 0 Å². The Labute approximate surface area is 138 Å². The predicted octanol–water partition coefficient (Wildman–Crippen LogP) is 5.40. The molecule has 3 heteroatoms. The van der Waals surface area contributed by atoms with Gasteiger partial charge in [-0.05, 0) is 47.0 Å². The van der Waals surface area contributed by atoms with E-state index >= 15 is 0 Å². The first-order valence-corrected chi connectivity index (χ1v) is 7.77. The van der Waals surface area contributed by atoms with Crippen LogP contribution in [0.4, 0.5) is 0 Å². The zero-order valence-electron chi connectivity index (χ0n) is 11.9. The molecule has 110 valence electrons. The highest BCUT2D eigenvalue weighted by Crippen LogP contribution is 2.29. The molecule has 0 heterocycles. The second kappa shape index (κ2) is 6.67. The van der Waals surface area contributed by atoms with Crippen LogP contribution in [-0.2, 0) is 6.61 Å². The maximum atomic E-state index is 9.67. The van der Waals surface area contributed by atoms with E-state index in [4.69, 9.17) is 4.74 Å². The van der Waals surface area contributed by atoms with Crippen molar-refractivity contribution in [1.29, 1.82) is 0 Å². The third-order valence-electron chi connectivity index (χ3n) is 3.32. The van der Waals surface area contributed by atoms with Crippen LogP contribution in [0.3, 0.4) is 0 Å². The largest absolute Gasteiger partial charge is 0.508 e. The van der Waals surface area contributed by atoms with E-state index in [9.17, 15) is 5.11 Å². The Balaban J connectivity index is 1.72. The minimum absolute atomic E-state index is 0.244. The number of rotatable bonds is 4. The van der Waals surface area contributed by atoms with Crippen molar-refractivity contribution in [3.05, 3.63) is 82.8 Å². The van der Waals surface area contributed by atoms with Crippen LogP contribution in [0.25, 0.3) is 11.1 Å². The topological polar surface area (TPSA) is 29.5 Å². The average molecular weight is 355 g/mol. The molecule has 0 aliphatic carbocycles. The lowest BCUT2D eigenvalue weighted by Crippen LogP contribution is -1.94. The van der Waals surface area contributed by atoms with Crippen molar-refractivity contribution in [2.75, 3.05) is 0 Å². The number of aromatic hydroxyl groups is 1. The summed E-state index contributed by atoms with van der Waals surface area (Å²) in [6.45, 7) is 0.553. The highest BCUT2D eigenvalue weighted by atomic mass is 79.9. The van der Waals surface area contributed by atoms with E-state index in [0.29, 0.717) is 6.61 Å². The number of phenols is 1. The molecular formula is C19H15BrO2. The lowest BCUT2D eigenvalue weighted by molar-refractivity contribution is 0.306. The number of phenolic OH excluding ortho intramolecular Hbond substituents is 1. The van der Waals surface area contributed by atoms with E-state index in [-0.39, 0.29) is 5.75 Å². The van der Waals surface area contributed by atoms with Gasteiger partial charge in [-0.25, -0.2) is 0 Å². The van der Waals surface area contributed by atoms with E-state index < -0.39 is 0 Å². The van der Waals surface area contributed by atoms with E-state index in [0.717, 1.165) is 26.9 Å². The highest BCUT2D eigenvalue weighted by Gasteiger charge is 2.02. The van der Waals surface area contributed by atoms with Gasteiger partial charge in [0, 0.05) is 4.47 Å². The Morgan fingerprint density at radius 1 is 0.818 bits per heavy atom. The standard InChI is InChI=1S/C19H15BrO2/c20-17-10-16(11-18(21)12-17)15-6-8-19(9-7-15)22-13-14-4-2-1-3-5-14/h1-12,21H,13H2. The molecule has 22 heavy (non-hydrogen) atoms. The first kappa shape index (κ1) is 14.7.